The van der Waals surface area contributed by atoms with E-state index in [9.17, 15) is 4.79 Å². The van der Waals surface area contributed by atoms with Crippen LogP contribution in [0.1, 0.15) is 52.9 Å². The summed E-state index contributed by atoms with van der Waals surface area (Å²) in [6.07, 6.45) is 5.80. The third kappa shape index (κ3) is 5.71. The molecule has 156 valence electrons. The van der Waals surface area contributed by atoms with Gasteiger partial charge in [-0.25, -0.2) is 0 Å². The Morgan fingerprint density at radius 3 is 2.46 bits per heavy atom. The van der Waals surface area contributed by atoms with Crippen molar-refractivity contribution in [3.8, 4) is 5.75 Å². The van der Waals surface area contributed by atoms with Gasteiger partial charge in [0.25, 0.3) is 5.91 Å². The molecule has 5 nitrogen and oxygen atoms in total. The fraction of sp³-hybridized carbons (Fsp3) is 0.696. The van der Waals surface area contributed by atoms with Crippen LogP contribution >= 0.6 is 0 Å². The molecular weight excluding hydrogens is 352 g/mol. The van der Waals surface area contributed by atoms with Crippen LogP contribution in [-0.4, -0.2) is 49.3 Å². The predicted molar refractivity (Wildman–Crippen MR) is 113 cm³/mol. The van der Waals surface area contributed by atoms with E-state index >= 15 is 0 Å². The fourth-order valence-corrected chi connectivity index (χ4v) is 3.96. The second kappa shape index (κ2) is 9.75. The number of carbonyl (C=O) groups is 1. The van der Waals surface area contributed by atoms with Gasteiger partial charge in [-0.1, -0.05) is 6.92 Å². The van der Waals surface area contributed by atoms with E-state index in [1.807, 2.05) is 38.1 Å². The number of benzene rings is 1. The highest BCUT2D eigenvalue weighted by Gasteiger charge is 2.48. The van der Waals surface area contributed by atoms with Crippen molar-refractivity contribution in [3.05, 3.63) is 24.3 Å². The average molecular weight is 389 g/mol. The number of amides is 1. The van der Waals surface area contributed by atoms with Crippen LogP contribution in [0.15, 0.2) is 24.3 Å². The highest BCUT2D eigenvalue weighted by atomic mass is 16.5. The molecule has 1 N–H and O–H groups in total. The summed E-state index contributed by atoms with van der Waals surface area (Å²) in [4.78, 5) is 15.2. The minimum atomic E-state index is -0.726. The molecule has 1 aromatic rings. The molecule has 1 aliphatic carbocycles. The molecule has 3 rings (SSSR count). The lowest BCUT2D eigenvalue weighted by Crippen LogP contribution is -2.44. The second-order valence-corrected chi connectivity index (χ2v) is 8.52. The smallest absolute Gasteiger partial charge is 0.256 e. The number of nitrogens with one attached hydrogen (secondary N) is 1. The number of hydrogen-bond donors (Lipinski definition) is 1. The Morgan fingerprint density at radius 2 is 1.86 bits per heavy atom. The molecular formula is C23H36N2O3. The van der Waals surface area contributed by atoms with Gasteiger partial charge in [0.1, 0.15) is 11.4 Å². The lowest BCUT2D eigenvalue weighted by Gasteiger charge is -2.30. The van der Waals surface area contributed by atoms with Gasteiger partial charge in [-0.15, -0.1) is 0 Å². The summed E-state index contributed by atoms with van der Waals surface area (Å²) in [5.41, 5.74) is 0.0576. The number of rotatable bonds is 10. The second-order valence-electron chi connectivity index (χ2n) is 8.52. The van der Waals surface area contributed by atoms with E-state index in [1.165, 1.54) is 25.9 Å². The van der Waals surface area contributed by atoms with Gasteiger partial charge in [0, 0.05) is 18.8 Å². The summed E-state index contributed by atoms with van der Waals surface area (Å²) in [6.45, 7) is 11.0. The SMILES string of the molecule is CCO[C@](C)(C(=O)Nc1ccc(OCCCN2CCC(C)CC2)cc1)C1CC1. The van der Waals surface area contributed by atoms with Gasteiger partial charge < -0.3 is 19.7 Å². The molecule has 1 atom stereocenters. The van der Waals surface area contributed by atoms with Crippen molar-refractivity contribution >= 4 is 11.6 Å². The van der Waals surface area contributed by atoms with Gasteiger partial charge in [0.05, 0.1) is 6.61 Å². The Balaban J connectivity index is 1.40. The number of hydrogen-bond acceptors (Lipinski definition) is 4. The Bertz CT molecular complexity index is 621. The Labute approximate surface area is 169 Å². The first-order valence-electron chi connectivity index (χ1n) is 10.9. The number of anilines is 1. The van der Waals surface area contributed by atoms with Gasteiger partial charge >= 0.3 is 0 Å². The molecule has 2 fully saturated rings. The van der Waals surface area contributed by atoms with Crippen molar-refractivity contribution in [1.82, 2.24) is 4.90 Å². The standard InChI is InChI=1S/C23H36N2O3/c1-4-28-23(3,19-6-7-19)22(26)24-20-8-10-21(11-9-20)27-17-5-14-25-15-12-18(2)13-16-25/h8-11,18-19H,4-7,12-17H2,1-3H3,(H,24,26)/t23-/m0/s1. The van der Waals surface area contributed by atoms with Crippen LogP contribution in [0.5, 0.6) is 5.75 Å². The molecule has 1 heterocycles. The van der Waals surface area contributed by atoms with Crippen LogP contribution in [0.3, 0.4) is 0 Å². The quantitative estimate of drug-likeness (QED) is 0.606. The van der Waals surface area contributed by atoms with E-state index in [0.29, 0.717) is 12.5 Å². The van der Waals surface area contributed by atoms with Crippen molar-refractivity contribution in [2.45, 2.75) is 58.5 Å². The number of nitrogens with zero attached hydrogens (tertiary/aromatic N) is 1. The molecule has 1 amide bonds. The zero-order chi connectivity index (χ0) is 20.0. The van der Waals surface area contributed by atoms with Gasteiger partial charge in [-0.2, -0.15) is 0 Å². The summed E-state index contributed by atoms with van der Waals surface area (Å²) >= 11 is 0. The fourth-order valence-electron chi connectivity index (χ4n) is 3.96. The molecule has 2 aliphatic rings. The average Bonchev–Trinajstić information content (AvgIpc) is 3.54. The zero-order valence-corrected chi connectivity index (χ0v) is 17.7. The zero-order valence-electron chi connectivity index (χ0n) is 17.7. The molecule has 28 heavy (non-hydrogen) atoms. The lowest BCUT2D eigenvalue weighted by atomic mass is 9.99. The maximum atomic E-state index is 12.7. The van der Waals surface area contributed by atoms with E-state index in [-0.39, 0.29) is 5.91 Å². The molecule has 1 saturated carbocycles. The van der Waals surface area contributed by atoms with Gasteiger partial charge in [-0.3, -0.25) is 4.79 Å². The number of ether oxygens (including phenoxy) is 2. The van der Waals surface area contributed by atoms with Crippen LogP contribution in [0.4, 0.5) is 5.69 Å². The van der Waals surface area contributed by atoms with Crippen molar-refractivity contribution in [1.29, 1.82) is 0 Å². The van der Waals surface area contributed by atoms with Crippen LogP contribution in [0, 0.1) is 11.8 Å². The minimum Gasteiger partial charge on any atom is -0.494 e. The molecule has 0 aromatic heterocycles. The molecule has 0 radical (unpaired) electrons. The van der Waals surface area contributed by atoms with Gasteiger partial charge in [0.2, 0.25) is 0 Å². The first-order chi connectivity index (χ1) is 13.5. The normalized spacial score (nSPS) is 20.5. The Morgan fingerprint density at radius 1 is 1.18 bits per heavy atom. The van der Waals surface area contributed by atoms with Crippen molar-refractivity contribution in [3.63, 3.8) is 0 Å². The van der Waals surface area contributed by atoms with E-state index in [2.05, 4.69) is 17.1 Å². The monoisotopic (exact) mass is 388 g/mol. The highest BCUT2D eigenvalue weighted by Crippen LogP contribution is 2.42. The summed E-state index contributed by atoms with van der Waals surface area (Å²) in [7, 11) is 0. The third-order valence-electron chi connectivity index (χ3n) is 6.13. The molecule has 1 aromatic carbocycles. The number of likely N-dealkylation sites (tertiary alicyclic amines) is 1. The predicted octanol–water partition coefficient (Wildman–Crippen LogP) is 4.33. The summed E-state index contributed by atoms with van der Waals surface area (Å²) in [5.74, 6) is 2.00. The highest BCUT2D eigenvalue weighted by molar-refractivity contribution is 5.97. The van der Waals surface area contributed by atoms with Crippen molar-refractivity contribution in [2.24, 2.45) is 11.8 Å². The number of piperidine rings is 1. The molecule has 0 unspecified atom stereocenters. The van der Waals surface area contributed by atoms with Crippen molar-refractivity contribution < 1.29 is 14.3 Å². The first-order valence-corrected chi connectivity index (χ1v) is 10.9. The Kier molecular flexibility index (Phi) is 7.36. The van der Waals surface area contributed by atoms with Crippen molar-refractivity contribution in [2.75, 3.05) is 38.2 Å². The summed E-state index contributed by atoms with van der Waals surface area (Å²) < 4.78 is 11.7. The third-order valence-corrected chi connectivity index (χ3v) is 6.13. The maximum absolute atomic E-state index is 12.7. The van der Waals surface area contributed by atoms with Gasteiger partial charge in [0.15, 0.2) is 0 Å². The summed E-state index contributed by atoms with van der Waals surface area (Å²) in [5, 5.41) is 3.00. The molecule has 0 spiro atoms. The Hall–Kier alpha value is -1.59. The van der Waals surface area contributed by atoms with E-state index in [0.717, 1.165) is 49.8 Å². The van der Waals surface area contributed by atoms with E-state index in [4.69, 9.17) is 9.47 Å². The molecule has 1 saturated heterocycles. The lowest BCUT2D eigenvalue weighted by molar-refractivity contribution is -0.141. The topological polar surface area (TPSA) is 50.8 Å². The van der Waals surface area contributed by atoms with Crippen LogP contribution in [0.2, 0.25) is 0 Å². The summed E-state index contributed by atoms with van der Waals surface area (Å²) in [6, 6.07) is 7.65. The van der Waals surface area contributed by atoms with Crippen LogP contribution in [0.25, 0.3) is 0 Å². The largest absolute Gasteiger partial charge is 0.494 e. The molecule has 0 bridgehead atoms. The number of carbonyl (C=O) groups excluding carboxylic acids is 1. The van der Waals surface area contributed by atoms with Crippen LogP contribution in [-0.2, 0) is 9.53 Å². The van der Waals surface area contributed by atoms with E-state index in [1.54, 1.807) is 0 Å². The maximum Gasteiger partial charge on any atom is 0.256 e. The molecule has 1 aliphatic heterocycles. The first kappa shape index (κ1) is 21.1. The van der Waals surface area contributed by atoms with Gasteiger partial charge in [-0.05, 0) is 95.1 Å². The molecule has 5 heteroatoms. The van der Waals surface area contributed by atoms with Crippen LogP contribution < -0.4 is 10.1 Å². The minimum absolute atomic E-state index is 0.0543. The van der Waals surface area contributed by atoms with E-state index < -0.39 is 5.60 Å².